The Labute approximate surface area is 207 Å². The number of carboxylic acids is 1. The van der Waals surface area contributed by atoms with E-state index in [0.29, 0.717) is 34.6 Å². The van der Waals surface area contributed by atoms with Crippen molar-refractivity contribution in [2.75, 3.05) is 5.32 Å². The highest BCUT2D eigenvalue weighted by molar-refractivity contribution is 6.32. The highest BCUT2D eigenvalue weighted by Crippen LogP contribution is 2.50. The topological polar surface area (TPSA) is 128 Å². The van der Waals surface area contributed by atoms with Gasteiger partial charge in [-0.2, -0.15) is 0 Å². The molecule has 11 heteroatoms. The first-order chi connectivity index (χ1) is 16.8. The van der Waals surface area contributed by atoms with Gasteiger partial charge in [-0.15, -0.1) is 0 Å². The second kappa shape index (κ2) is 8.73. The smallest absolute Gasteiger partial charge is 0.412 e. The zero-order valence-electron chi connectivity index (χ0n) is 18.1. The Morgan fingerprint density at radius 2 is 1.97 bits per heavy atom. The van der Waals surface area contributed by atoms with Crippen LogP contribution >= 0.6 is 23.2 Å². The SMILES string of the molecule is CC(OC(=O)Nc1c(Cl)noc1C#Cc1cc2cc(C3(C(=O)O)CC3)oc2o1)c1ccccc1Cl. The van der Waals surface area contributed by atoms with Gasteiger partial charge in [0.15, 0.2) is 10.9 Å². The molecule has 0 aliphatic heterocycles. The highest BCUT2D eigenvalue weighted by Gasteiger charge is 2.54. The van der Waals surface area contributed by atoms with Crippen molar-refractivity contribution in [2.24, 2.45) is 0 Å². The van der Waals surface area contributed by atoms with Gasteiger partial charge in [0.25, 0.3) is 5.78 Å². The number of carboxylic acid groups (broad SMARTS) is 1. The molecule has 1 fully saturated rings. The van der Waals surface area contributed by atoms with E-state index in [-0.39, 0.29) is 28.1 Å². The van der Waals surface area contributed by atoms with E-state index >= 15 is 0 Å². The molecule has 4 aromatic rings. The zero-order valence-corrected chi connectivity index (χ0v) is 19.6. The van der Waals surface area contributed by atoms with E-state index in [1.807, 2.05) is 0 Å². The minimum Gasteiger partial charge on any atom is -0.480 e. The van der Waals surface area contributed by atoms with Gasteiger partial charge in [0.2, 0.25) is 5.76 Å². The number of furan rings is 2. The molecule has 1 amide bonds. The van der Waals surface area contributed by atoms with E-state index in [0.717, 1.165) is 0 Å². The quantitative estimate of drug-likeness (QED) is 0.303. The second-order valence-electron chi connectivity index (χ2n) is 7.97. The standard InChI is InChI=1S/C24H16Cl2N2O7/c1-12(15-4-2-3-5-16(15)25)32-23(31)27-19-17(35-28-20(19)26)7-6-14-10-13-11-18(34-21(13)33-14)24(8-9-24)22(29)30/h2-5,10-12H,8-9H2,1H3,(H,27,31)(H,29,30). The lowest BCUT2D eigenvalue weighted by atomic mass is 10.0. The van der Waals surface area contributed by atoms with Crippen LogP contribution in [0.3, 0.4) is 0 Å². The molecule has 2 N–H and O–H groups in total. The summed E-state index contributed by atoms with van der Waals surface area (Å²) >= 11 is 12.2. The van der Waals surface area contributed by atoms with Crippen LogP contribution in [0.2, 0.25) is 10.2 Å². The monoisotopic (exact) mass is 514 g/mol. The van der Waals surface area contributed by atoms with Gasteiger partial charge in [0.05, 0.1) is 5.39 Å². The van der Waals surface area contributed by atoms with E-state index in [4.69, 9.17) is 41.3 Å². The van der Waals surface area contributed by atoms with E-state index in [1.54, 1.807) is 43.3 Å². The number of amides is 1. The predicted molar refractivity (Wildman–Crippen MR) is 124 cm³/mol. The summed E-state index contributed by atoms with van der Waals surface area (Å²) in [5.74, 6) is 5.25. The van der Waals surface area contributed by atoms with Crippen molar-refractivity contribution in [2.45, 2.75) is 31.3 Å². The van der Waals surface area contributed by atoms with Gasteiger partial charge < -0.3 is 23.2 Å². The second-order valence-corrected chi connectivity index (χ2v) is 8.74. The summed E-state index contributed by atoms with van der Waals surface area (Å²) in [5.41, 5.74) is -0.296. The first-order valence-electron chi connectivity index (χ1n) is 10.4. The molecule has 0 bridgehead atoms. The summed E-state index contributed by atoms with van der Waals surface area (Å²) in [5, 5.41) is 16.4. The number of anilines is 1. The van der Waals surface area contributed by atoms with Crippen LogP contribution in [0, 0.1) is 11.8 Å². The molecule has 1 atom stereocenters. The first kappa shape index (κ1) is 22.9. The number of aliphatic carboxylic acids is 1. The van der Waals surface area contributed by atoms with Crippen LogP contribution in [0.5, 0.6) is 0 Å². The molecule has 3 heterocycles. The maximum Gasteiger partial charge on any atom is 0.412 e. The Balaban J connectivity index is 1.30. The Kier molecular flexibility index (Phi) is 5.71. The number of nitrogens with one attached hydrogen (secondary N) is 1. The van der Waals surface area contributed by atoms with Gasteiger partial charge >= 0.3 is 12.1 Å². The molecular formula is C24H16Cl2N2O7. The molecule has 1 saturated carbocycles. The number of halogens is 2. The van der Waals surface area contributed by atoms with Crippen LogP contribution in [-0.4, -0.2) is 22.3 Å². The maximum atomic E-state index is 12.4. The minimum absolute atomic E-state index is 0.0196. The molecule has 5 rings (SSSR count). The fourth-order valence-corrected chi connectivity index (χ4v) is 4.03. The number of hydrogen-bond donors (Lipinski definition) is 2. The van der Waals surface area contributed by atoms with Crippen molar-refractivity contribution in [3.05, 3.63) is 69.4 Å². The first-order valence-corrected chi connectivity index (χ1v) is 11.2. The van der Waals surface area contributed by atoms with E-state index < -0.39 is 23.6 Å². The highest BCUT2D eigenvalue weighted by atomic mass is 35.5. The maximum absolute atomic E-state index is 12.4. The number of nitrogens with zero attached hydrogens (tertiary/aromatic N) is 1. The normalized spacial score (nSPS) is 14.7. The summed E-state index contributed by atoms with van der Waals surface area (Å²) in [6.07, 6.45) is -0.392. The third-order valence-corrected chi connectivity index (χ3v) is 6.25. The van der Waals surface area contributed by atoms with Crippen LogP contribution < -0.4 is 5.32 Å². The Morgan fingerprint density at radius 3 is 2.66 bits per heavy atom. The number of rotatable bonds is 5. The van der Waals surface area contributed by atoms with Gasteiger partial charge in [-0.25, -0.2) is 4.79 Å². The van der Waals surface area contributed by atoms with Gasteiger partial charge in [-0.3, -0.25) is 10.1 Å². The van der Waals surface area contributed by atoms with Crippen molar-refractivity contribution < 1.29 is 32.8 Å². The lowest BCUT2D eigenvalue weighted by Crippen LogP contribution is -2.18. The van der Waals surface area contributed by atoms with Crippen LogP contribution in [0.4, 0.5) is 10.5 Å². The van der Waals surface area contributed by atoms with Crippen molar-refractivity contribution in [1.29, 1.82) is 0 Å². The molecule has 178 valence electrons. The van der Waals surface area contributed by atoms with Crippen molar-refractivity contribution in [3.8, 4) is 11.8 Å². The number of carbonyl (C=O) groups is 2. The van der Waals surface area contributed by atoms with Gasteiger partial charge in [-0.05, 0) is 43.7 Å². The molecule has 1 aliphatic rings. The molecule has 9 nitrogen and oxygen atoms in total. The number of hydrogen-bond acceptors (Lipinski definition) is 7. The molecule has 0 saturated heterocycles. The molecule has 0 spiro atoms. The third kappa shape index (κ3) is 4.34. The van der Waals surface area contributed by atoms with Crippen molar-refractivity contribution in [1.82, 2.24) is 5.16 Å². The molecule has 1 unspecified atom stereocenters. The number of fused-ring (bicyclic) bond motifs is 1. The van der Waals surface area contributed by atoms with Gasteiger partial charge in [-0.1, -0.05) is 46.6 Å². The molecular weight excluding hydrogens is 499 g/mol. The summed E-state index contributed by atoms with van der Waals surface area (Å²) in [7, 11) is 0. The fraction of sp³-hybridized carbons (Fsp3) is 0.208. The summed E-state index contributed by atoms with van der Waals surface area (Å²) < 4.78 is 21.6. The van der Waals surface area contributed by atoms with E-state index in [9.17, 15) is 14.7 Å². The minimum atomic E-state index is -0.970. The molecule has 1 aliphatic carbocycles. The van der Waals surface area contributed by atoms with E-state index in [2.05, 4.69) is 22.3 Å². The number of ether oxygens (including phenoxy) is 1. The summed E-state index contributed by atoms with van der Waals surface area (Å²) in [6, 6.07) is 10.2. The summed E-state index contributed by atoms with van der Waals surface area (Å²) in [6.45, 7) is 1.68. The Morgan fingerprint density at radius 1 is 1.20 bits per heavy atom. The third-order valence-electron chi connectivity index (χ3n) is 5.65. The predicted octanol–water partition coefficient (Wildman–Crippen LogP) is 6.15. The van der Waals surface area contributed by atoms with Crippen molar-refractivity contribution >= 4 is 52.1 Å². The van der Waals surface area contributed by atoms with Gasteiger partial charge in [0.1, 0.15) is 23.0 Å². The molecule has 1 aromatic carbocycles. The molecule has 0 radical (unpaired) electrons. The van der Waals surface area contributed by atoms with E-state index in [1.165, 1.54) is 0 Å². The average molecular weight is 515 g/mol. The lowest BCUT2D eigenvalue weighted by Gasteiger charge is -2.15. The van der Waals surface area contributed by atoms with Crippen LogP contribution in [0.25, 0.3) is 11.2 Å². The number of aromatic nitrogens is 1. The Bertz CT molecular complexity index is 1490. The Hall–Kier alpha value is -3.87. The number of carbonyl (C=O) groups excluding carboxylic acids is 1. The molecule has 3 aromatic heterocycles. The molecule has 35 heavy (non-hydrogen) atoms. The van der Waals surface area contributed by atoms with Crippen molar-refractivity contribution in [3.63, 3.8) is 0 Å². The number of benzene rings is 1. The van der Waals surface area contributed by atoms with Crippen LogP contribution in [0.15, 0.2) is 49.8 Å². The zero-order chi connectivity index (χ0) is 24.7. The average Bonchev–Trinajstić information content (AvgIpc) is 3.25. The van der Waals surface area contributed by atoms with Crippen LogP contribution in [-0.2, 0) is 14.9 Å². The largest absolute Gasteiger partial charge is 0.480 e. The fourth-order valence-electron chi connectivity index (χ4n) is 3.57. The lowest BCUT2D eigenvalue weighted by molar-refractivity contribution is -0.140. The van der Waals surface area contributed by atoms with Gasteiger partial charge in [0, 0.05) is 16.7 Å². The summed E-state index contributed by atoms with van der Waals surface area (Å²) in [4.78, 5) is 23.9. The van der Waals surface area contributed by atoms with Crippen LogP contribution in [0.1, 0.15) is 48.7 Å².